The molecule has 3 atom stereocenters. The zero-order valence-electron chi connectivity index (χ0n) is 16.5. The van der Waals surface area contributed by atoms with Crippen molar-refractivity contribution in [3.63, 3.8) is 0 Å². The number of halogens is 3. The van der Waals surface area contributed by atoms with E-state index in [1.165, 1.54) is 11.6 Å². The molecule has 1 aliphatic rings. The number of carbonyl (C=O) groups is 1. The van der Waals surface area contributed by atoms with E-state index in [9.17, 15) is 13.6 Å². The van der Waals surface area contributed by atoms with Gasteiger partial charge in [0.05, 0.1) is 12.4 Å². The fourth-order valence-corrected chi connectivity index (χ4v) is 3.53. The van der Waals surface area contributed by atoms with Crippen molar-refractivity contribution in [3.8, 4) is 5.75 Å². The van der Waals surface area contributed by atoms with Crippen LogP contribution in [0.25, 0.3) is 5.57 Å². The van der Waals surface area contributed by atoms with Gasteiger partial charge in [0.2, 0.25) is 5.67 Å². The smallest absolute Gasteiger partial charge is 0.387 e. The summed E-state index contributed by atoms with van der Waals surface area (Å²) in [6.07, 6.45) is 7.03. The lowest BCUT2D eigenvalue weighted by atomic mass is 10.0. The molecule has 0 radical (unpaired) electrons. The Morgan fingerprint density at radius 2 is 1.90 bits per heavy atom. The Kier molecular flexibility index (Phi) is 6.55. The molecule has 1 saturated carbocycles. The second-order valence-corrected chi connectivity index (χ2v) is 6.85. The van der Waals surface area contributed by atoms with Crippen LogP contribution in [-0.2, 0) is 4.79 Å². The normalized spacial score (nSPS) is 23.1. The van der Waals surface area contributed by atoms with Crippen molar-refractivity contribution in [2.24, 2.45) is 5.92 Å². The minimum absolute atomic E-state index is 0.177. The van der Waals surface area contributed by atoms with Gasteiger partial charge in [0.1, 0.15) is 0 Å². The van der Waals surface area contributed by atoms with Crippen LogP contribution in [0.2, 0.25) is 0 Å². The molecule has 0 bridgehead atoms. The molecule has 1 fully saturated rings. The average molecular weight is 431 g/mol. The first kappa shape index (κ1) is 22.2. The minimum atomic E-state index is -2.98. The summed E-state index contributed by atoms with van der Waals surface area (Å²) in [5.41, 5.74) is 0.527. The standard InChI is InChI=1S/C22H20F3N3O3/c1-3-14(19-26-11-16(12-27-19)31-21(23)24)10-9-13(2)17-18(15-7-5-4-6-8-15)22(17,25)20(29)28-30/h3-12,17-18,21,30H,2H2,1H3,(H,28,29)/b10-9-,14-3+/t17-,18?,22-/m1/s1. The minimum Gasteiger partial charge on any atom is -0.432 e. The van der Waals surface area contributed by atoms with Crippen LogP contribution in [0.3, 0.4) is 0 Å². The number of carbonyl (C=O) groups excluding carboxylic acids is 1. The highest BCUT2D eigenvalue weighted by Gasteiger charge is 2.72. The van der Waals surface area contributed by atoms with E-state index < -0.39 is 30.0 Å². The zero-order valence-corrected chi connectivity index (χ0v) is 16.5. The van der Waals surface area contributed by atoms with Gasteiger partial charge in [-0.2, -0.15) is 8.78 Å². The van der Waals surface area contributed by atoms with Crippen LogP contribution in [0.1, 0.15) is 24.2 Å². The van der Waals surface area contributed by atoms with Gasteiger partial charge < -0.3 is 4.74 Å². The molecule has 0 saturated heterocycles. The molecule has 1 heterocycles. The predicted molar refractivity (Wildman–Crippen MR) is 107 cm³/mol. The second-order valence-electron chi connectivity index (χ2n) is 6.85. The number of hydrogen-bond acceptors (Lipinski definition) is 5. The zero-order chi connectivity index (χ0) is 22.6. The van der Waals surface area contributed by atoms with Crippen LogP contribution >= 0.6 is 0 Å². The largest absolute Gasteiger partial charge is 0.432 e. The van der Waals surface area contributed by atoms with Crippen LogP contribution in [0.15, 0.2) is 73.1 Å². The lowest BCUT2D eigenvalue weighted by Crippen LogP contribution is -2.33. The molecule has 1 aromatic carbocycles. The van der Waals surface area contributed by atoms with E-state index in [2.05, 4.69) is 21.3 Å². The highest BCUT2D eigenvalue weighted by atomic mass is 19.3. The third-order valence-electron chi connectivity index (χ3n) is 5.04. The summed E-state index contributed by atoms with van der Waals surface area (Å²) in [6, 6.07) is 8.65. The maximum Gasteiger partial charge on any atom is 0.387 e. The summed E-state index contributed by atoms with van der Waals surface area (Å²) in [7, 11) is 0. The van der Waals surface area contributed by atoms with Crippen molar-refractivity contribution in [3.05, 3.63) is 84.5 Å². The second kappa shape index (κ2) is 9.13. The number of hydrogen-bond donors (Lipinski definition) is 2. The van der Waals surface area contributed by atoms with Crippen molar-refractivity contribution in [2.75, 3.05) is 0 Å². The van der Waals surface area contributed by atoms with Gasteiger partial charge in [-0.25, -0.2) is 19.8 Å². The van der Waals surface area contributed by atoms with E-state index in [0.29, 0.717) is 16.7 Å². The van der Waals surface area contributed by atoms with Crippen LogP contribution in [0.4, 0.5) is 13.2 Å². The first-order valence-electron chi connectivity index (χ1n) is 9.31. The van der Waals surface area contributed by atoms with E-state index in [4.69, 9.17) is 5.21 Å². The van der Waals surface area contributed by atoms with Gasteiger partial charge in [-0.15, -0.1) is 0 Å². The highest BCUT2D eigenvalue weighted by molar-refractivity contribution is 5.91. The van der Waals surface area contributed by atoms with E-state index in [1.807, 2.05) is 0 Å². The fraction of sp³-hybridized carbons (Fsp3) is 0.227. The van der Waals surface area contributed by atoms with Crippen molar-refractivity contribution in [1.29, 1.82) is 0 Å². The fourth-order valence-electron chi connectivity index (χ4n) is 3.53. The Morgan fingerprint density at radius 3 is 2.45 bits per heavy atom. The molecule has 9 heteroatoms. The van der Waals surface area contributed by atoms with Crippen LogP contribution in [0.5, 0.6) is 5.75 Å². The lowest BCUT2D eigenvalue weighted by Gasteiger charge is -2.06. The molecule has 3 rings (SSSR count). The number of rotatable bonds is 8. The number of benzene rings is 1. The molecule has 0 spiro atoms. The summed E-state index contributed by atoms with van der Waals surface area (Å²) in [6.45, 7) is 2.63. The number of hydroxylamine groups is 1. The molecule has 31 heavy (non-hydrogen) atoms. The highest BCUT2D eigenvalue weighted by Crippen LogP contribution is 2.63. The summed E-state index contributed by atoms with van der Waals surface area (Å²) < 4.78 is 44.2. The Labute approximate surface area is 176 Å². The molecule has 162 valence electrons. The molecular weight excluding hydrogens is 411 g/mol. The van der Waals surface area contributed by atoms with Gasteiger partial charge in [-0.1, -0.05) is 55.1 Å². The Hall–Kier alpha value is -3.46. The average Bonchev–Trinajstić information content (AvgIpc) is 3.41. The summed E-state index contributed by atoms with van der Waals surface area (Å²) in [5, 5.41) is 8.99. The van der Waals surface area contributed by atoms with Gasteiger partial charge in [-0.3, -0.25) is 10.0 Å². The predicted octanol–water partition coefficient (Wildman–Crippen LogP) is 4.22. The SMILES string of the molecule is C=C(/C=C\C(=C/C)c1ncc(OC(F)F)cn1)[C@@H]1C(c2ccccc2)[C@@]1(F)C(=O)NO. The van der Waals surface area contributed by atoms with Crippen molar-refractivity contribution >= 4 is 11.5 Å². The van der Waals surface area contributed by atoms with E-state index in [-0.39, 0.29) is 11.6 Å². The van der Waals surface area contributed by atoms with Crippen molar-refractivity contribution < 1.29 is 27.9 Å². The van der Waals surface area contributed by atoms with Gasteiger partial charge >= 0.3 is 6.61 Å². The number of ether oxygens (including phenoxy) is 1. The van der Waals surface area contributed by atoms with E-state index in [1.54, 1.807) is 49.4 Å². The van der Waals surface area contributed by atoms with Gasteiger partial charge in [0, 0.05) is 17.4 Å². The van der Waals surface area contributed by atoms with E-state index >= 15 is 4.39 Å². The van der Waals surface area contributed by atoms with Gasteiger partial charge in [-0.05, 0) is 18.1 Å². The Bertz CT molecular complexity index is 1010. The third kappa shape index (κ3) is 4.51. The molecule has 2 N–H and O–H groups in total. The van der Waals surface area contributed by atoms with Crippen LogP contribution in [-0.4, -0.2) is 33.4 Å². The topological polar surface area (TPSA) is 84.3 Å². The molecule has 6 nitrogen and oxygen atoms in total. The monoisotopic (exact) mass is 431 g/mol. The number of nitrogens with one attached hydrogen (secondary N) is 1. The lowest BCUT2D eigenvalue weighted by molar-refractivity contribution is -0.136. The third-order valence-corrected chi connectivity index (χ3v) is 5.04. The Morgan fingerprint density at radius 1 is 1.26 bits per heavy atom. The molecule has 1 amide bonds. The molecule has 1 aromatic heterocycles. The molecule has 0 aliphatic heterocycles. The first-order valence-corrected chi connectivity index (χ1v) is 9.31. The van der Waals surface area contributed by atoms with Crippen molar-refractivity contribution in [2.45, 2.75) is 25.1 Å². The van der Waals surface area contributed by atoms with Crippen molar-refractivity contribution in [1.82, 2.24) is 15.4 Å². The first-order chi connectivity index (χ1) is 14.8. The number of amides is 1. The number of allylic oxidation sites excluding steroid dienone is 5. The molecular formula is C22H20F3N3O3. The quantitative estimate of drug-likeness (QED) is 0.371. The van der Waals surface area contributed by atoms with Crippen LogP contribution < -0.4 is 10.2 Å². The molecule has 1 unspecified atom stereocenters. The maximum atomic E-state index is 15.5. The number of aromatic nitrogens is 2. The summed E-state index contributed by atoms with van der Waals surface area (Å²) >= 11 is 0. The summed E-state index contributed by atoms with van der Waals surface area (Å²) in [5.74, 6) is -2.75. The molecule has 2 aromatic rings. The van der Waals surface area contributed by atoms with Gasteiger partial charge in [0.25, 0.3) is 5.91 Å². The number of nitrogens with zero attached hydrogens (tertiary/aromatic N) is 2. The summed E-state index contributed by atoms with van der Waals surface area (Å²) in [4.78, 5) is 20.0. The van der Waals surface area contributed by atoms with E-state index in [0.717, 1.165) is 12.4 Å². The van der Waals surface area contributed by atoms with Crippen LogP contribution in [0, 0.1) is 5.92 Å². The molecule has 1 aliphatic carbocycles. The number of alkyl halides is 3. The maximum absolute atomic E-state index is 15.5. The Balaban J connectivity index is 1.79. The van der Waals surface area contributed by atoms with Gasteiger partial charge in [0.15, 0.2) is 11.6 Å².